The van der Waals surface area contributed by atoms with Gasteiger partial charge in [-0.3, -0.25) is 4.90 Å². The fraction of sp³-hybridized carbons (Fsp3) is 1.00. The summed E-state index contributed by atoms with van der Waals surface area (Å²) in [4.78, 5) is 2.61. The first-order valence-electron chi connectivity index (χ1n) is 7.97. The number of ether oxygens (including phenoxy) is 1. The van der Waals surface area contributed by atoms with Gasteiger partial charge < -0.3 is 10.5 Å². The van der Waals surface area contributed by atoms with Crippen molar-refractivity contribution in [2.75, 3.05) is 19.6 Å². The fourth-order valence-corrected chi connectivity index (χ4v) is 4.24. The van der Waals surface area contributed by atoms with Crippen LogP contribution < -0.4 is 5.73 Å². The van der Waals surface area contributed by atoms with Gasteiger partial charge in [0.05, 0.1) is 11.2 Å². The fourth-order valence-electron chi connectivity index (χ4n) is 4.24. The second-order valence-corrected chi connectivity index (χ2v) is 7.73. The summed E-state index contributed by atoms with van der Waals surface area (Å²) >= 11 is 0. The molecule has 2 fully saturated rings. The van der Waals surface area contributed by atoms with E-state index in [2.05, 4.69) is 32.6 Å². The van der Waals surface area contributed by atoms with Crippen LogP contribution in [0.4, 0.5) is 0 Å². The highest BCUT2D eigenvalue weighted by Crippen LogP contribution is 2.34. The van der Waals surface area contributed by atoms with Crippen LogP contribution in [0.25, 0.3) is 0 Å². The van der Waals surface area contributed by atoms with Gasteiger partial charge in [0.2, 0.25) is 0 Å². The Bertz CT molecular complexity index is 279. The van der Waals surface area contributed by atoms with Gasteiger partial charge >= 0.3 is 0 Å². The standard InChI is InChI=1S/C16H32N2O/c1-15(2)11-18(12-16(3,4)19-15)14(10-17)13-8-6-5-7-9-13/h13-14H,5-12,17H2,1-4H3. The smallest absolute Gasteiger partial charge is 0.0760 e. The Kier molecular flexibility index (Phi) is 4.59. The average Bonchev–Trinajstić information content (AvgIpc) is 2.27. The Morgan fingerprint density at radius 2 is 1.58 bits per heavy atom. The topological polar surface area (TPSA) is 38.5 Å². The van der Waals surface area contributed by atoms with Gasteiger partial charge in [-0.2, -0.15) is 0 Å². The summed E-state index contributed by atoms with van der Waals surface area (Å²) in [6.45, 7) is 11.6. The van der Waals surface area contributed by atoms with Crippen molar-refractivity contribution in [1.29, 1.82) is 0 Å². The monoisotopic (exact) mass is 268 g/mol. The van der Waals surface area contributed by atoms with Crippen molar-refractivity contribution in [2.24, 2.45) is 11.7 Å². The molecule has 0 bridgehead atoms. The minimum absolute atomic E-state index is 0.0656. The normalized spacial score (nSPS) is 30.2. The molecule has 1 saturated carbocycles. The summed E-state index contributed by atoms with van der Waals surface area (Å²) in [7, 11) is 0. The first kappa shape index (κ1) is 15.3. The van der Waals surface area contributed by atoms with Gasteiger partial charge in [-0.05, 0) is 46.5 Å². The molecule has 19 heavy (non-hydrogen) atoms. The van der Waals surface area contributed by atoms with E-state index >= 15 is 0 Å². The average molecular weight is 268 g/mol. The molecule has 0 amide bonds. The molecule has 3 nitrogen and oxygen atoms in total. The summed E-state index contributed by atoms with van der Waals surface area (Å²) in [6, 6.07) is 0.544. The molecule has 0 aromatic rings. The second-order valence-electron chi connectivity index (χ2n) is 7.73. The molecule has 3 heteroatoms. The van der Waals surface area contributed by atoms with Crippen LogP contribution in [-0.4, -0.2) is 41.8 Å². The Morgan fingerprint density at radius 1 is 1.05 bits per heavy atom. The molecule has 0 radical (unpaired) electrons. The number of hydrogen-bond acceptors (Lipinski definition) is 3. The Labute approximate surface area is 118 Å². The van der Waals surface area contributed by atoms with Crippen LogP contribution in [0.1, 0.15) is 59.8 Å². The number of nitrogens with two attached hydrogens (primary N) is 1. The minimum Gasteiger partial charge on any atom is -0.367 e. The lowest BCUT2D eigenvalue weighted by Gasteiger charge is -2.51. The number of morpholine rings is 1. The van der Waals surface area contributed by atoms with E-state index in [9.17, 15) is 0 Å². The molecule has 0 spiro atoms. The molecule has 1 aliphatic heterocycles. The maximum atomic E-state index is 6.19. The Hall–Kier alpha value is -0.120. The molecular formula is C16H32N2O. The van der Waals surface area contributed by atoms with Crippen molar-refractivity contribution < 1.29 is 4.74 Å². The van der Waals surface area contributed by atoms with Crippen molar-refractivity contribution in [1.82, 2.24) is 4.90 Å². The molecule has 2 rings (SSSR count). The van der Waals surface area contributed by atoms with Crippen LogP contribution in [0.5, 0.6) is 0 Å². The quantitative estimate of drug-likeness (QED) is 0.855. The zero-order chi connectivity index (χ0) is 14.1. The zero-order valence-corrected chi connectivity index (χ0v) is 13.2. The number of rotatable bonds is 3. The third-order valence-electron chi connectivity index (χ3n) is 4.62. The van der Waals surface area contributed by atoms with Crippen molar-refractivity contribution in [3.05, 3.63) is 0 Å². The van der Waals surface area contributed by atoms with Crippen LogP contribution in [0.15, 0.2) is 0 Å². The predicted octanol–water partition coefficient (Wildman–Crippen LogP) is 2.78. The van der Waals surface area contributed by atoms with Crippen LogP contribution in [-0.2, 0) is 4.74 Å². The molecule has 1 saturated heterocycles. The summed E-state index contributed by atoms with van der Waals surface area (Å²) in [6.07, 6.45) is 6.91. The van der Waals surface area contributed by atoms with Crippen LogP contribution >= 0.6 is 0 Å². The lowest BCUT2D eigenvalue weighted by atomic mass is 9.82. The van der Waals surface area contributed by atoms with Gasteiger partial charge in [0.25, 0.3) is 0 Å². The lowest BCUT2D eigenvalue weighted by Crippen LogP contribution is -2.62. The summed E-state index contributed by atoms with van der Waals surface area (Å²) < 4.78 is 6.19. The zero-order valence-electron chi connectivity index (χ0n) is 13.2. The SMILES string of the molecule is CC1(C)CN(C(CN)C2CCCCC2)CC(C)(C)O1. The first-order chi connectivity index (χ1) is 8.83. The largest absolute Gasteiger partial charge is 0.367 e. The molecule has 1 aliphatic carbocycles. The Morgan fingerprint density at radius 3 is 2.05 bits per heavy atom. The highest BCUT2D eigenvalue weighted by atomic mass is 16.5. The van der Waals surface area contributed by atoms with Crippen LogP contribution in [0.3, 0.4) is 0 Å². The minimum atomic E-state index is -0.0656. The van der Waals surface area contributed by atoms with Crippen molar-refractivity contribution in [2.45, 2.75) is 77.0 Å². The molecular weight excluding hydrogens is 236 g/mol. The predicted molar refractivity (Wildman–Crippen MR) is 80.2 cm³/mol. The summed E-state index contributed by atoms with van der Waals surface area (Å²) in [5, 5.41) is 0. The van der Waals surface area contributed by atoms with Gasteiger partial charge in [-0.25, -0.2) is 0 Å². The van der Waals surface area contributed by atoms with E-state index < -0.39 is 0 Å². The van der Waals surface area contributed by atoms with Gasteiger partial charge in [0.15, 0.2) is 0 Å². The highest BCUT2D eigenvalue weighted by Gasteiger charge is 2.41. The van der Waals surface area contributed by atoms with E-state index in [1.54, 1.807) is 0 Å². The molecule has 1 heterocycles. The maximum Gasteiger partial charge on any atom is 0.0760 e. The van der Waals surface area contributed by atoms with E-state index in [-0.39, 0.29) is 11.2 Å². The van der Waals surface area contributed by atoms with E-state index in [4.69, 9.17) is 10.5 Å². The van der Waals surface area contributed by atoms with Gasteiger partial charge in [-0.15, -0.1) is 0 Å². The van der Waals surface area contributed by atoms with Crippen LogP contribution in [0, 0.1) is 5.92 Å². The van der Waals surface area contributed by atoms with Gasteiger partial charge in [-0.1, -0.05) is 19.3 Å². The molecule has 2 N–H and O–H groups in total. The van der Waals surface area contributed by atoms with Gasteiger partial charge in [0, 0.05) is 25.7 Å². The van der Waals surface area contributed by atoms with E-state index in [1.165, 1.54) is 32.1 Å². The molecule has 1 atom stereocenters. The number of nitrogens with zero attached hydrogens (tertiary/aromatic N) is 1. The highest BCUT2D eigenvalue weighted by molar-refractivity contribution is 4.94. The third-order valence-corrected chi connectivity index (χ3v) is 4.62. The third kappa shape index (κ3) is 3.93. The van der Waals surface area contributed by atoms with Crippen LogP contribution in [0.2, 0.25) is 0 Å². The van der Waals surface area contributed by atoms with E-state index in [1.807, 2.05) is 0 Å². The molecule has 0 aromatic heterocycles. The molecule has 112 valence electrons. The van der Waals surface area contributed by atoms with Crippen molar-refractivity contribution in [3.63, 3.8) is 0 Å². The Balaban J connectivity index is 2.08. The van der Waals surface area contributed by atoms with Crippen molar-refractivity contribution in [3.8, 4) is 0 Å². The second kappa shape index (κ2) is 5.71. The molecule has 1 unspecified atom stereocenters. The lowest BCUT2D eigenvalue weighted by molar-refractivity contribution is -0.190. The summed E-state index contributed by atoms with van der Waals surface area (Å²) in [5.41, 5.74) is 6.00. The van der Waals surface area contributed by atoms with Gasteiger partial charge in [0.1, 0.15) is 0 Å². The van der Waals surface area contributed by atoms with E-state index in [0.29, 0.717) is 6.04 Å². The van der Waals surface area contributed by atoms with E-state index in [0.717, 1.165) is 25.6 Å². The molecule has 0 aromatic carbocycles. The maximum absolute atomic E-state index is 6.19. The summed E-state index contributed by atoms with van der Waals surface area (Å²) in [5.74, 6) is 0.795. The van der Waals surface area contributed by atoms with Crippen molar-refractivity contribution >= 4 is 0 Å². The molecule has 2 aliphatic rings. The first-order valence-corrected chi connectivity index (χ1v) is 7.97. The number of hydrogen-bond donors (Lipinski definition) is 1.